The first-order valence-electron chi connectivity index (χ1n) is 11.2. The minimum Gasteiger partial charge on any atom is -0.497 e. The van der Waals surface area contributed by atoms with E-state index in [1.54, 1.807) is 31.6 Å². The van der Waals surface area contributed by atoms with E-state index in [0.717, 1.165) is 28.1 Å². The Balaban J connectivity index is 1.76. The summed E-state index contributed by atoms with van der Waals surface area (Å²) in [5.41, 5.74) is 4.36. The molecule has 4 rings (SSSR count). The van der Waals surface area contributed by atoms with Crippen LogP contribution in [0, 0.1) is 11.3 Å². The lowest BCUT2D eigenvalue weighted by molar-refractivity contribution is -0.115. The molecule has 0 saturated heterocycles. The first-order valence-corrected chi connectivity index (χ1v) is 12.0. The zero-order valence-corrected chi connectivity index (χ0v) is 20.3. The average molecular weight is 481 g/mol. The highest BCUT2D eigenvalue weighted by Gasteiger charge is 2.23. The highest BCUT2D eigenvalue weighted by Crippen LogP contribution is 2.37. The molecular formula is C28H24N4O2S. The number of amides is 1. The monoisotopic (exact) mass is 480 g/mol. The molecule has 0 bridgehead atoms. The van der Waals surface area contributed by atoms with Crippen molar-refractivity contribution in [2.45, 2.75) is 23.6 Å². The van der Waals surface area contributed by atoms with Gasteiger partial charge in [-0.25, -0.2) is 4.98 Å². The predicted molar refractivity (Wildman–Crippen MR) is 139 cm³/mol. The van der Waals surface area contributed by atoms with Crippen LogP contribution in [0.4, 0.5) is 5.69 Å². The number of pyridine rings is 2. The fourth-order valence-electron chi connectivity index (χ4n) is 3.59. The van der Waals surface area contributed by atoms with Crippen LogP contribution in [0.15, 0.2) is 90.2 Å². The Morgan fingerprint density at radius 1 is 1.09 bits per heavy atom. The van der Waals surface area contributed by atoms with Crippen LogP contribution in [0.5, 0.6) is 5.75 Å². The van der Waals surface area contributed by atoms with Gasteiger partial charge in [0.1, 0.15) is 16.8 Å². The van der Waals surface area contributed by atoms with Crippen LogP contribution in [0.2, 0.25) is 0 Å². The summed E-state index contributed by atoms with van der Waals surface area (Å²) in [6.07, 6.45) is 3.82. The molecule has 2 aromatic carbocycles. The van der Waals surface area contributed by atoms with Crippen LogP contribution >= 0.6 is 11.8 Å². The van der Waals surface area contributed by atoms with Gasteiger partial charge in [0.2, 0.25) is 5.91 Å². The van der Waals surface area contributed by atoms with Crippen LogP contribution in [0.1, 0.15) is 18.9 Å². The average Bonchev–Trinajstić information content (AvgIpc) is 2.92. The molecule has 4 aromatic rings. The van der Waals surface area contributed by atoms with E-state index in [9.17, 15) is 10.1 Å². The normalized spacial score (nSPS) is 11.3. The zero-order valence-electron chi connectivity index (χ0n) is 19.4. The van der Waals surface area contributed by atoms with Gasteiger partial charge in [-0.1, -0.05) is 61.2 Å². The Morgan fingerprint density at radius 2 is 1.86 bits per heavy atom. The van der Waals surface area contributed by atoms with Crippen LogP contribution in [-0.4, -0.2) is 28.2 Å². The number of hydrogen-bond donors (Lipinski definition) is 1. The van der Waals surface area contributed by atoms with Crippen molar-refractivity contribution in [3.8, 4) is 34.2 Å². The van der Waals surface area contributed by atoms with Gasteiger partial charge in [0.25, 0.3) is 0 Å². The summed E-state index contributed by atoms with van der Waals surface area (Å²) >= 11 is 1.30. The summed E-state index contributed by atoms with van der Waals surface area (Å²) in [5.74, 6) is 0.574. The number of ether oxygens (including phenoxy) is 1. The van der Waals surface area contributed by atoms with Crippen molar-refractivity contribution in [1.29, 1.82) is 5.26 Å². The molecule has 1 amide bonds. The molecular weight excluding hydrogens is 456 g/mol. The minimum atomic E-state index is -0.440. The van der Waals surface area contributed by atoms with Crippen molar-refractivity contribution >= 4 is 23.4 Å². The molecule has 1 unspecified atom stereocenters. The van der Waals surface area contributed by atoms with Gasteiger partial charge >= 0.3 is 0 Å². The molecule has 0 fully saturated rings. The number of nitrogens with one attached hydrogen (secondary N) is 1. The Morgan fingerprint density at radius 3 is 2.49 bits per heavy atom. The molecule has 2 aromatic heterocycles. The molecule has 174 valence electrons. The Kier molecular flexibility index (Phi) is 7.76. The largest absolute Gasteiger partial charge is 0.497 e. The number of carbonyl (C=O) groups is 1. The van der Waals surface area contributed by atoms with E-state index in [4.69, 9.17) is 9.72 Å². The van der Waals surface area contributed by atoms with E-state index >= 15 is 0 Å². The summed E-state index contributed by atoms with van der Waals surface area (Å²) in [6, 6.07) is 25.2. The van der Waals surface area contributed by atoms with Crippen LogP contribution in [0.3, 0.4) is 0 Å². The third-order valence-corrected chi connectivity index (χ3v) is 6.77. The van der Waals surface area contributed by atoms with Gasteiger partial charge in [-0.2, -0.15) is 5.26 Å². The third kappa shape index (κ3) is 5.68. The highest BCUT2D eigenvalue weighted by molar-refractivity contribution is 8.00. The molecule has 1 N–H and O–H groups in total. The second-order valence-electron chi connectivity index (χ2n) is 7.69. The molecule has 0 spiro atoms. The molecule has 0 aliphatic heterocycles. The summed E-state index contributed by atoms with van der Waals surface area (Å²) in [6.45, 7) is 1.94. The predicted octanol–water partition coefficient (Wildman–Crippen LogP) is 6.20. The van der Waals surface area contributed by atoms with Crippen molar-refractivity contribution in [3.63, 3.8) is 0 Å². The lowest BCUT2D eigenvalue weighted by Crippen LogP contribution is -2.25. The maximum absolute atomic E-state index is 13.0. The molecule has 0 aliphatic rings. The molecule has 35 heavy (non-hydrogen) atoms. The number of methoxy groups -OCH3 is 1. The molecule has 7 heteroatoms. The highest BCUT2D eigenvalue weighted by atomic mass is 32.2. The number of aromatic nitrogens is 2. The quantitative estimate of drug-likeness (QED) is 0.302. The molecule has 2 heterocycles. The molecule has 6 nitrogen and oxygen atoms in total. The van der Waals surface area contributed by atoms with Crippen LogP contribution in [-0.2, 0) is 4.79 Å². The zero-order chi connectivity index (χ0) is 24.6. The van der Waals surface area contributed by atoms with Crippen LogP contribution < -0.4 is 10.1 Å². The van der Waals surface area contributed by atoms with E-state index in [2.05, 4.69) is 16.4 Å². The van der Waals surface area contributed by atoms with E-state index in [1.165, 1.54) is 11.8 Å². The maximum Gasteiger partial charge on any atom is 0.237 e. The lowest BCUT2D eigenvalue weighted by Gasteiger charge is -2.17. The Hall–Kier alpha value is -4.15. The summed E-state index contributed by atoms with van der Waals surface area (Å²) in [4.78, 5) is 21.9. The van der Waals surface area contributed by atoms with Crippen molar-refractivity contribution in [2.75, 3.05) is 12.4 Å². The molecule has 0 radical (unpaired) electrons. The second kappa shape index (κ2) is 11.3. The van der Waals surface area contributed by atoms with Gasteiger partial charge in [0, 0.05) is 17.3 Å². The van der Waals surface area contributed by atoms with E-state index in [0.29, 0.717) is 22.7 Å². The molecule has 1 atom stereocenters. The number of nitriles is 1. The summed E-state index contributed by atoms with van der Waals surface area (Å²) in [7, 11) is 1.62. The standard InChI is InChI=1S/C28H24N4O2S/c1-3-26(27(33)31-21-10-7-15-30-18-21)35-28-24(17-29)23(19-11-13-22(34-2)14-12-19)16-25(32-28)20-8-5-4-6-9-20/h4-16,18,26H,3H2,1-2H3,(H,31,33). The maximum atomic E-state index is 13.0. The lowest BCUT2D eigenvalue weighted by atomic mass is 9.99. The third-order valence-electron chi connectivity index (χ3n) is 5.41. The molecule has 0 aliphatic carbocycles. The Labute approximate surface area is 209 Å². The number of rotatable bonds is 8. The number of benzene rings is 2. The first kappa shape index (κ1) is 24.0. The number of thioether (sulfide) groups is 1. The van der Waals surface area contributed by atoms with Crippen LogP contribution in [0.25, 0.3) is 22.4 Å². The van der Waals surface area contributed by atoms with Gasteiger partial charge in [-0.05, 0) is 42.3 Å². The number of nitrogens with zero attached hydrogens (tertiary/aromatic N) is 3. The summed E-state index contributed by atoms with van der Waals surface area (Å²) in [5, 5.41) is 13.1. The van der Waals surface area contributed by atoms with Crippen molar-refractivity contribution in [1.82, 2.24) is 9.97 Å². The van der Waals surface area contributed by atoms with E-state index in [-0.39, 0.29) is 5.91 Å². The number of anilines is 1. The van der Waals surface area contributed by atoms with Gasteiger partial charge in [0.15, 0.2) is 0 Å². The fraction of sp³-hybridized carbons (Fsp3) is 0.143. The minimum absolute atomic E-state index is 0.160. The summed E-state index contributed by atoms with van der Waals surface area (Å²) < 4.78 is 5.29. The number of hydrogen-bond acceptors (Lipinski definition) is 6. The van der Waals surface area contributed by atoms with Gasteiger partial charge in [0.05, 0.1) is 35.5 Å². The van der Waals surface area contributed by atoms with Gasteiger partial charge < -0.3 is 10.1 Å². The first-order chi connectivity index (χ1) is 17.1. The van der Waals surface area contributed by atoms with E-state index < -0.39 is 5.25 Å². The van der Waals surface area contributed by atoms with E-state index in [1.807, 2.05) is 67.6 Å². The van der Waals surface area contributed by atoms with Gasteiger partial charge in [-0.15, -0.1) is 0 Å². The van der Waals surface area contributed by atoms with Crippen molar-refractivity contribution in [3.05, 3.63) is 90.8 Å². The topological polar surface area (TPSA) is 87.9 Å². The van der Waals surface area contributed by atoms with Crippen molar-refractivity contribution in [2.24, 2.45) is 0 Å². The Bertz CT molecular complexity index is 1340. The van der Waals surface area contributed by atoms with Crippen molar-refractivity contribution < 1.29 is 9.53 Å². The fourth-order valence-corrected chi connectivity index (χ4v) is 4.61. The number of carbonyl (C=O) groups excluding carboxylic acids is 1. The smallest absolute Gasteiger partial charge is 0.237 e. The van der Waals surface area contributed by atoms with Gasteiger partial charge in [-0.3, -0.25) is 9.78 Å². The second-order valence-corrected chi connectivity index (χ2v) is 8.88. The SMILES string of the molecule is CCC(Sc1nc(-c2ccccc2)cc(-c2ccc(OC)cc2)c1C#N)C(=O)Nc1cccnc1. The molecule has 0 saturated carbocycles.